The summed E-state index contributed by atoms with van der Waals surface area (Å²) in [7, 11) is 0. The normalized spacial score (nSPS) is 20.0. The fourth-order valence-electron chi connectivity index (χ4n) is 1.52. The highest BCUT2D eigenvalue weighted by Gasteiger charge is 2.26. The van der Waals surface area contributed by atoms with E-state index in [1.54, 1.807) is 0 Å². The second-order valence-corrected chi connectivity index (χ2v) is 5.18. The topological polar surface area (TPSA) is 21.6 Å². The highest BCUT2D eigenvalue weighted by molar-refractivity contribution is 9.18. The van der Waals surface area contributed by atoms with Gasteiger partial charge in [-0.05, 0) is 40.5 Å². The molecule has 0 radical (unpaired) electrons. The molecular weight excluding hydrogens is 329 g/mol. The lowest BCUT2D eigenvalue weighted by atomic mass is 10.0. The minimum absolute atomic E-state index is 0.260. The number of halogens is 3. The van der Waals surface area contributed by atoms with E-state index in [2.05, 4.69) is 37.0 Å². The zero-order valence-corrected chi connectivity index (χ0v) is 11.1. The van der Waals surface area contributed by atoms with Crippen LogP contribution in [0.4, 0.5) is 4.39 Å². The van der Waals surface area contributed by atoms with Gasteiger partial charge in [-0.3, -0.25) is 0 Å². The van der Waals surface area contributed by atoms with Gasteiger partial charge in [-0.1, -0.05) is 21.1 Å². The first-order valence-corrected chi connectivity index (χ1v) is 6.00. The number of benzene rings is 1. The zero-order chi connectivity index (χ0) is 11.0. The fourth-order valence-corrected chi connectivity index (χ4v) is 2.71. The van der Waals surface area contributed by atoms with Crippen molar-refractivity contribution in [1.82, 2.24) is 0 Å². The molecule has 1 aliphatic rings. The van der Waals surface area contributed by atoms with E-state index >= 15 is 0 Å². The maximum Gasteiger partial charge on any atom is 0.162 e. The summed E-state index contributed by atoms with van der Waals surface area (Å²) < 4.78 is 15.1. The van der Waals surface area contributed by atoms with Gasteiger partial charge in [0.1, 0.15) is 10.4 Å². The van der Waals surface area contributed by atoms with Crippen molar-refractivity contribution in [2.75, 3.05) is 0 Å². The third-order valence-corrected chi connectivity index (χ3v) is 3.30. The van der Waals surface area contributed by atoms with E-state index in [1.807, 2.05) is 13.0 Å². The molecule has 0 N–H and O–H groups in total. The number of rotatable bonds is 1. The molecule has 15 heavy (non-hydrogen) atoms. The van der Waals surface area contributed by atoms with Gasteiger partial charge < -0.3 is 4.84 Å². The van der Waals surface area contributed by atoms with Crippen LogP contribution in [0.25, 0.3) is 0 Å². The van der Waals surface area contributed by atoms with Crippen molar-refractivity contribution >= 4 is 36.5 Å². The van der Waals surface area contributed by atoms with E-state index in [-0.39, 0.29) is 11.9 Å². The summed E-state index contributed by atoms with van der Waals surface area (Å²) in [4.78, 5) is 5.12. The van der Waals surface area contributed by atoms with Gasteiger partial charge in [0.05, 0.1) is 0 Å². The average Bonchev–Trinajstić information content (AvgIpc) is 2.49. The summed E-state index contributed by atoms with van der Waals surface area (Å²) in [6.07, 6.45) is 0.229. The largest absolute Gasteiger partial charge is 0.386 e. The third kappa shape index (κ3) is 2.23. The second-order valence-electron chi connectivity index (χ2n) is 3.41. The van der Waals surface area contributed by atoms with Gasteiger partial charge in [0.2, 0.25) is 0 Å². The van der Waals surface area contributed by atoms with Crippen molar-refractivity contribution in [3.05, 3.63) is 33.5 Å². The molecule has 1 unspecified atom stereocenters. The van der Waals surface area contributed by atoms with E-state index in [9.17, 15) is 4.39 Å². The van der Waals surface area contributed by atoms with E-state index in [4.69, 9.17) is 4.84 Å². The number of nitrogens with zero attached hydrogens (tertiary/aromatic N) is 1. The molecular formula is C10H8Br2FNO. The molecule has 0 bridgehead atoms. The van der Waals surface area contributed by atoms with E-state index in [1.165, 1.54) is 6.07 Å². The molecule has 1 aliphatic heterocycles. The molecule has 1 aromatic carbocycles. The van der Waals surface area contributed by atoms with Gasteiger partial charge >= 0.3 is 0 Å². The predicted octanol–water partition coefficient (Wildman–Crippen LogP) is 4.07. The molecule has 0 saturated carbocycles. The first-order valence-electron chi connectivity index (χ1n) is 4.41. The van der Waals surface area contributed by atoms with Crippen molar-refractivity contribution in [2.45, 2.75) is 19.4 Å². The number of hydrogen-bond acceptors (Lipinski definition) is 2. The molecule has 0 saturated heterocycles. The van der Waals surface area contributed by atoms with Crippen molar-refractivity contribution in [2.24, 2.45) is 5.16 Å². The van der Waals surface area contributed by atoms with Crippen LogP contribution in [0.5, 0.6) is 0 Å². The van der Waals surface area contributed by atoms with Crippen molar-refractivity contribution in [1.29, 1.82) is 0 Å². The predicted molar refractivity (Wildman–Crippen MR) is 63.6 cm³/mol. The van der Waals surface area contributed by atoms with Crippen LogP contribution in [0.1, 0.15) is 23.7 Å². The highest BCUT2D eigenvalue weighted by Crippen LogP contribution is 2.35. The Hall–Kier alpha value is -0.420. The molecule has 1 heterocycles. The standard InChI is InChI=1S/C10H8Br2FNO/c1-5-2-6(11)10(7(13)3-5)8-4-9(12)14-15-8/h2-3,8H,4H2,1H3. The monoisotopic (exact) mass is 335 g/mol. The molecule has 0 aromatic heterocycles. The molecule has 5 heteroatoms. The summed E-state index contributed by atoms with van der Waals surface area (Å²) in [5, 5.41) is 3.74. The Balaban J connectivity index is 2.37. The lowest BCUT2D eigenvalue weighted by Crippen LogP contribution is -2.02. The van der Waals surface area contributed by atoms with Gasteiger partial charge in [0.25, 0.3) is 0 Å². The van der Waals surface area contributed by atoms with Crippen molar-refractivity contribution in [3.8, 4) is 0 Å². The zero-order valence-electron chi connectivity index (χ0n) is 7.93. The molecule has 2 rings (SSSR count). The molecule has 1 atom stereocenters. The van der Waals surface area contributed by atoms with Gasteiger partial charge in [-0.15, -0.1) is 0 Å². The van der Waals surface area contributed by atoms with Crippen LogP contribution in [0.2, 0.25) is 0 Å². The van der Waals surface area contributed by atoms with Crippen LogP contribution in [0, 0.1) is 12.7 Å². The average molecular weight is 337 g/mol. The van der Waals surface area contributed by atoms with Crippen molar-refractivity contribution in [3.63, 3.8) is 0 Å². The van der Waals surface area contributed by atoms with Crippen LogP contribution in [0.15, 0.2) is 21.8 Å². The van der Waals surface area contributed by atoms with E-state index in [0.29, 0.717) is 16.6 Å². The quantitative estimate of drug-likeness (QED) is 0.757. The van der Waals surface area contributed by atoms with Crippen LogP contribution in [-0.2, 0) is 4.84 Å². The number of hydrogen-bond donors (Lipinski definition) is 0. The van der Waals surface area contributed by atoms with Crippen LogP contribution in [0.3, 0.4) is 0 Å². The minimum atomic E-state index is -0.339. The maximum atomic E-state index is 13.7. The van der Waals surface area contributed by atoms with Crippen LogP contribution < -0.4 is 0 Å². The van der Waals surface area contributed by atoms with E-state index in [0.717, 1.165) is 10.0 Å². The van der Waals surface area contributed by atoms with Crippen molar-refractivity contribution < 1.29 is 9.23 Å². The van der Waals surface area contributed by atoms with Gasteiger partial charge in [0, 0.05) is 16.5 Å². The smallest absolute Gasteiger partial charge is 0.162 e. The molecule has 0 spiro atoms. The summed E-state index contributed by atoms with van der Waals surface area (Å²) in [6.45, 7) is 1.85. The molecule has 2 nitrogen and oxygen atoms in total. The number of oxime groups is 1. The molecule has 0 aliphatic carbocycles. The Morgan fingerprint density at radius 2 is 2.20 bits per heavy atom. The summed E-state index contributed by atoms with van der Waals surface area (Å²) in [5.74, 6) is -0.260. The Bertz CT molecular complexity index is 410. The van der Waals surface area contributed by atoms with E-state index < -0.39 is 0 Å². The maximum absolute atomic E-state index is 13.7. The first-order chi connectivity index (χ1) is 7.08. The Labute approximate surface area is 104 Å². The lowest BCUT2D eigenvalue weighted by molar-refractivity contribution is 0.0824. The summed E-state index contributed by atoms with van der Waals surface area (Å²) in [6, 6.07) is 3.36. The van der Waals surface area contributed by atoms with Gasteiger partial charge in [0.15, 0.2) is 6.10 Å². The summed E-state index contributed by atoms with van der Waals surface area (Å²) in [5.41, 5.74) is 1.40. The van der Waals surface area contributed by atoms with Gasteiger partial charge in [-0.2, -0.15) is 0 Å². The molecule has 0 fully saturated rings. The minimum Gasteiger partial charge on any atom is -0.386 e. The molecule has 0 amide bonds. The molecule has 1 aromatic rings. The molecule has 80 valence electrons. The number of aryl methyl sites for hydroxylation is 1. The summed E-state index contributed by atoms with van der Waals surface area (Å²) >= 11 is 6.57. The lowest BCUT2D eigenvalue weighted by Gasteiger charge is -2.12. The SMILES string of the molecule is Cc1cc(F)c(C2CC(Br)=NO2)c(Br)c1. The first kappa shape index (κ1) is 11.1. The third-order valence-electron chi connectivity index (χ3n) is 2.18. The Morgan fingerprint density at radius 3 is 2.73 bits per heavy atom. The Morgan fingerprint density at radius 1 is 1.47 bits per heavy atom. The van der Waals surface area contributed by atoms with Crippen LogP contribution >= 0.6 is 31.9 Å². The fraction of sp³-hybridized carbons (Fsp3) is 0.300. The second kappa shape index (κ2) is 4.22. The van der Waals surface area contributed by atoms with Crippen LogP contribution in [-0.4, -0.2) is 4.62 Å². The Kier molecular flexibility index (Phi) is 3.11. The van der Waals surface area contributed by atoms with Gasteiger partial charge in [-0.25, -0.2) is 4.39 Å². The highest BCUT2D eigenvalue weighted by atomic mass is 79.9.